The minimum atomic E-state index is -1.84. The highest BCUT2D eigenvalue weighted by atomic mass is 19.1. The van der Waals surface area contributed by atoms with Crippen molar-refractivity contribution in [2.75, 3.05) is 0 Å². The van der Waals surface area contributed by atoms with Crippen molar-refractivity contribution >= 4 is 12.6 Å². The average Bonchev–Trinajstić information content (AvgIpc) is 2.04. The average molecular weight is 179 g/mol. The summed E-state index contributed by atoms with van der Waals surface area (Å²) in [6.07, 6.45) is 0. The van der Waals surface area contributed by atoms with Gasteiger partial charge in [-0.1, -0.05) is 12.0 Å². The molecule has 0 atom stereocenters. The second-order valence-corrected chi connectivity index (χ2v) is 2.33. The van der Waals surface area contributed by atoms with E-state index in [-0.39, 0.29) is 11.2 Å². The van der Waals surface area contributed by atoms with Crippen molar-refractivity contribution in [3.63, 3.8) is 0 Å². The first-order chi connectivity index (χ1) is 6.15. The molecule has 1 heterocycles. The number of pyridine rings is 1. The van der Waals surface area contributed by atoms with Gasteiger partial charge in [-0.2, -0.15) is 4.39 Å². The van der Waals surface area contributed by atoms with Crippen LogP contribution in [0.5, 0.6) is 0 Å². The Balaban J connectivity index is 3.10. The van der Waals surface area contributed by atoms with Gasteiger partial charge in [0, 0.05) is 5.46 Å². The van der Waals surface area contributed by atoms with E-state index in [1.807, 2.05) is 0 Å². The molecule has 1 aromatic heterocycles. The van der Waals surface area contributed by atoms with Crippen LogP contribution >= 0.6 is 0 Å². The van der Waals surface area contributed by atoms with Crippen LogP contribution in [0.25, 0.3) is 0 Å². The number of hydrogen-bond donors (Lipinski definition) is 2. The summed E-state index contributed by atoms with van der Waals surface area (Å²) in [7, 11) is -1.84. The number of halogens is 1. The minimum absolute atomic E-state index is 0.248. The van der Waals surface area contributed by atoms with Gasteiger partial charge in [0.15, 0.2) is 0 Å². The molecule has 0 bridgehead atoms. The molecule has 1 rings (SSSR count). The van der Waals surface area contributed by atoms with Gasteiger partial charge in [-0.15, -0.1) is 0 Å². The molecule has 5 heteroatoms. The third kappa shape index (κ3) is 2.28. The van der Waals surface area contributed by atoms with E-state index in [0.29, 0.717) is 0 Å². The summed E-state index contributed by atoms with van der Waals surface area (Å²) in [4.78, 5) is 3.42. The number of rotatable bonds is 1. The Hall–Kier alpha value is -1.38. The van der Waals surface area contributed by atoms with E-state index < -0.39 is 13.1 Å². The SMILES string of the molecule is CC#Cc1ccc(B(O)O)c(F)n1. The lowest BCUT2D eigenvalue weighted by Gasteiger charge is -1.99. The molecular weight excluding hydrogens is 172 g/mol. The minimum Gasteiger partial charge on any atom is -0.423 e. The van der Waals surface area contributed by atoms with E-state index in [1.54, 1.807) is 6.92 Å². The predicted molar refractivity (Wildman–Crippen MR) is 46.6 cm³/mol. The van der Waals surface area contributed by atoms with Gasteiger partial charge in [-0.25, -0.2) is 4.98 Å². The third-order valence-corrected chi connectivity index (χ3v) is 1.41. The van der Waals surface area contributed by atoms with Crippen LogP contribution in [0.1, 0.15) is 12.6 Å². The van der Waals surface area contributed by atoms with Crippen molar-refractivity contribution in [2.45, 2.75) is 6.92 Å². The standard InChI is InChI=1S/C8H7BFNO2/c1-2-3-6-4-5-7(9(12)13)8(10)11-6/h4-5,12-13H,1H3. The van der Waals surface area contributed by atoms with Crippen LogP contribution < -0.4 is 5.46 Å². The summed E-state index contributed by atoms with van der Waals surface area (Å²) in [5.74, 6) is 4.20. The highest BCUT2D eigenvalue weighted by Gasteiger charge is 2.17. The summed E-state index contributed by atoms with van der Waals surface area (Å²) >= 11 is 0. The Bertz CT molecular complexity index is 370. The molecule has 0 radical (unpaired) electrons. The van der Waals surface area contributed by atoms with Gasteiger partial charge in [0.25, 0.3) is 0 Å². The smallest absolute Gasteiger partial charge is 0.423 e. The Kier molecular flexibility index (Phi) is 3.01. The van der Waals surface area contributed by atoms with Crippen molar-refractivity contribution < 1.29 is 14.4 Å². The van der Waals surface area contributed by atoms with Gasteiger partial charge < -0.3 is 10.0 Å². The fraction of sp³-hybridized carbons (Fsp3) is 0.125. The van der Waals surface area contributed by atoms with E-state index in [9.17, 15) is 4.39 Å². The molecule has 66 valence electrons. The van der Waals surface area contributed by atoms with Crippen molar-refractivity contribution in [3.8, 4) is 11.8 Å². The van der Waals surface area contributed by atoms with Gasteiger partial charge >= 0.3 is 7.12 Å². The molecule has 0 saturated heterocycles. The van der Waals surface area contributed by atoms with E-state index in [1.165, 1.54) is 12.1 Å². The fourth-order valence-electron chi connectivity index (χ4n) is 0.835. The van der Waals surface area contributed by atoms with Gasteiger partial charge in [-0.05, 0) is 18.9 Å². The zero-order valence-electron chi connectivity index (χ0n) is 6.95. The second-order valence-electron chi connectivity index (χ2n) is 2.33. The first-order valence-electron chi connectivity index (χ1n) is 3.60. The lowest BCUT2D eigenvalue weighted by atomic mass is 9.81. The second kappa shape index (κ2) is 4.03. The highest BCUT2D eigenvalue weighted by molar-refractivity contribution is 6.58. The molecule has 0 spiro atoms. The molecule has 0 saturated carbocycles. The Morgan fingerprint density at radius 3 is 2.62 bits per heavy atom. The van der Waals surface area contributed by atoms with Crippen molar-refractivity contribution in [3.05, 3.63) is 23.8 Å². The largest absolute Gasteiger partial charge is 0.493 e. The molecule has 0 fully saturated rings. The zero-order valence-corrected chi connectivity index (χ0v) is 6.95. The number of hydrogen-bond acceptors (Lipinski definition) is 3. The van der Waals surface area contributed by atoms with Gasteiger partial charge in [0.05, 0.1) is 0 Å². The summed E-state index contributed by atoms with van der Waals surface area (Å²) in [6.45, 7) is 1.61. The molecule has 2 N–H and O–H groups in total. The predicted octanol–water partition coefficient (Wildman–Crippen LogP) is -0.728. The van der Waals surface area contributed by atoms with Gasteiger partial charge in [-0.3, -0.25) is 0 Å². The van der Waals surface area contributed by atoms with E-state index in [2.05, 4.69) is 16.8 Å². The van der Waals surface area contributed by atoms with Crippen LogP contribution in [0.4, 0.5) is 4.39 Å². The topological polar surface area (TPSA) is 53.4 Å². The monoisotopic (exact) mass is 179 g/mol. The molecule has 1 aromatic rings. The lowest BCUT2D eigenvalue weighted by molar-refractivity contribution is 0.422. The molecular formula is C8H7BFNO2. The molecule has 0 amide bonds. The van der Waals surface area contributed by atoms with Crippen molar-refractivity contribution in [1.29, 1.82) is 0 Å². The van der Waals surface area contributed by atoms with E-state index in [0.717, 1.165) is 0 Å². The Morgan fingerprint density at radius 2 is 2.15 bits per heavy atom. The fourth-order valence-corrected chi connectivity index (χ4v) is 0.835. The number of nitrogens with zero attached hydrogens (tertiary/aromatic N) is 1. The molecule has 0 aromatic carbocycles. The normalized spacial score (nSPS) is 8.92. The molecule has 13 heavy (non-hydrogen) atoms. The summed E-state index contributed by atoms with van der Waals surface area (Å²) in [5.41, 5.74) is 0.0195. The lowest BCUT2D eigenvalue weighted by Crippen LogP contribution is -2.33. The quantitative estimate of drug-likeness (QED) is 0.339. The molecule has 0 aliphatic heterocycles. The first-order valence-corrected chi connectivity index (χ1v) is 3.60. The van der Waals surface area contributed by atoms with Crippen LogP contribution in [0.15, 0.2) is 12.1 Å². The first kappa shape index (κ1) is 9.71. The molecule has 3 nitrogen and oxygen atoms in total. The maximum atomic E-state index is 12.9. The van der Waals surface area contributed by atoms with Gasteiger partial charge in [0.1, 0.15) is 5.69 Å². The van der Waals surface area contributed by atoms with Crippen molar-refractivity contribution in [1.82, 2.24) is 4.98 Å². The molecule has 0 unspecified atom stereocenters. The van der Waals surface area contributed by atoms with Crippen molar-refractivity contribution in [2.24, 2.45) is 0 Å². The van der Waals surface area contributed by atoms with E-state index >= 15 is 0 Å². The van der Waals surface area contributed by atoms with Crippen LogP contribution in [-0.2, 0) is 0 Å². The van der Waals surface area contributed by atoms with Crippen LogP contribution in [0.3, 0.4) is 0 Å². The molecule has 0 aliphatic carbocycles. The van der Waals surface area contributed by atoms with Crippen LogP contribution in [0.2, 0.25) is 0 Å². The maximum absolute atomic E-state index is 12.9. The zero-order chi connectivity index (χ0) is 9.84. The molecule has 0 aliphatic rings. The summed E-state index contributed by atoms with van der Waals surface area (Å²) in [6, 6.07) is 2.67. The Morgan fingerprint density at radius 1 is 1.46 bits per heavy atom. The maximum Gasteiger partial charge on any atom is 0.493 e. The summed E-state index contributed by atoms with van der Waals surface area (Å²) in [5, 5.41) is 17.3. The van der Waals surface area contributed by atoms with Gasteiger partial charge in [0.2, 0.25) is 5.95 Å². The van der Waals surface area contributed by atoms with E-state index in [4.69, 9.17) is 10.0 Å². The van der Waals surface area contributed by atoms with Crippen LogP contribution in [0, 0.1) is 17.8 Å². The summed E-state index contributed by atoms with van der Waals surface area (Å²) < 4.78 is 12.9. The van der Waals surface area contributed by atoms with Crippen LogP contribution in [-0.4, -0.2) is 22.2 Å². The number of aromatic nitrogens is 1. The third-order valence-electron chi connectivity index (χ3n) is 1.41. The highest BCUT2D eigenvalue weighted by Crippen LogP contribution is 1.94. The Labute approximate surface area is 75.4 Å².